The lowest BCUT2D eigenvalue weighted by Crippen LogP contribution is -2.22. The summed E-state index contributed by atoms with van der Waals surface area (Å²) in [6.45, 7) is -0.469. The first-order chi connectivity index (χ1) is 9.31. The molecule has 0 saturated heterocycles. The smallest absolute Gasteiger partial charge is 0.390 e. The summed E-state index contributed by atoms with van der Waals surface area (Å²) < 4.78 is 37.5. The van der Waals surface area contributed by atoms with Gasteiger partial charge in [0.05, 0.1) is 29.8 Å². The summed E-state index contributed by atoms with van der Waals surface area (Å²) >= 11 is 0. The van der Waals surface area contributed by atoms with Gasteiger partial charge in [0.15, 0.2) is 0 Å². The van der Waals surface area contributed by atoms with Gasteiger partial charge in [-0.25, -0.2) is 0 Å². The molecule has 9 heteroatoms. The Balaban J connectivity index is 3.13. The van der Waals surface area contributed by atoms with Crippen molar-refractivity contribution in [3.63, 3.8) is 0 Å². The molecule has 0 saturated carbocycles. The van der Waals surface area contributed by atoms with E-state index >= 15 is 0 Å². The van der Waals surface area contributed by atoms with E-state index in [-0.39, 0.29) is 5.56 Å². The van der Waals surface area contributed by atoms with E-state index in [1.54, 1.807) is 0 Å². The van der Waals surface area contributed by atoms with Gasteiger partial charge in [0.2, 0.25) is 0 Å². The maximum absolute atomic E-state index is 12.5. The predicted octanol–water partition coefficient (Wildman–Crippen LogP) is 2.28. The number of nitriles is 1. The van der Waals surface area contributed by atoms with Crippen LogP contribution in [-0.4, -0.2) is 22.9 Å². The minimum Gasteiger partial charge on any atom is -0.390 e. The van der Waals surface area contributed by atoms with Crippen molar-refractivity contribution in [3.05, 3.63) is 45.3 Å². The Morgan fingerprint density at radius 2 is 2.05 bits per heavy atom. The van der Waals surface area contributed by atoms with E-state index in [1.807, 2.05) is 0 Å². The van der Waals surface area contributed by atoms with Crippen LogP contribution in [0.15, 0.2) is 23.3 Å². The number of alkyl halides is 3. The summed E-state index contributed by atoms with van der Waals surface area (Å²) in [5.74, 6) is 0. The number of azide groups is 1. The Bertz CT molecular complexity index is 576. The number of nitrogens with zero attached hydrogens (tertiary/aromatic N) is 4. The summed E-state index contributed by atoms with van der Waals surface area (Å²) in [7, 11) is 0. The van der Waals surface area contributed by atoms with Crippen LogP contribution in [0, 0.1) is 11.3 Å². The molecule has 0 heterocycles. The molecule has 1 aromatic rings. The monoisotopic (exact) mass is 286 g/mol. The lowest BCUT2D eigenvalue weighted by atomic mass is 9.97. The number of hydrogen-bond donors (Lipinski definition) is 2. The Labute approximate surface area is 111 Å². The third kappa shape index (κ3) is 3.61. The molecule has 0 radical (unpaired) electrons. The highest BCUT2D eigenvalue weighted by Crippen LogP contribution is 2.32. The van der Waals surface area contributed by atoms with Crippen molar-refractivity contribution >= 4 is 0 Å². The zero-order chi connectivity index (χ0) is 15.3. The maximum atomic E-state index is 12.5. The molecular formula is C11H9F3N4O2. The van der Waals surface area contributed by atoms with Crippen molar-refractivity contribution in [1.29, 1.82) is 5.26 Å². The number of aliphatic hydroxyl groups is 2. The van der Waals surface area contributed by atoms with Crippen molar-refractivity contribution in [2.45, 2.75) is 18.4 Å². The second kappa shape index (κ2) is 6.25. The first-order valence-corrected chi connectivity index (χ1v) is 5.29. The van der Waals surface area contributed by atoms with E-state index in [0.29, 0.717) is 12.1 Å². The van der Waals surface area contributed by atoms with E-state index in [2.05, 4.69) is 10.0 Å². The van der Waals surface area contributed by atoms with Gasteiger partial charge >= 0.3 is 6.18 Å². The Morgan fingerprint density at radius 1 is 1.40 bits per heavy atom. The van der Waals surface area contributed by atoms with Gasteiger partial charge in [0.1, 0.15) is 6.10 Å². The number of rotatable bonds is 4. The second-order valence-electron chi connectivity index (χ2n) is 3.84. The molecule has 1 rings (SSSR count). The SMILES string of the molecule is N#Cc1cc(C(F)(F)F)ccc1C(O)C(O)CN=[N+]=[N-]. The quantitative estimate of drug-likeness (QED) is 0.502. The van der Waals surface area contributed by atoms with Crippen LogP contribution >= 0.6 is 0 Å². The van der Waals surface area contributed by atoms with Gasteiger partial charge in [-0.1, -0.05) is 11.2 Å². The molecule has 1 aromatic carbocycles. The third-order valence-corrected chi connectivity index (χ3v) is 2.52. The highest BCUT2D eigenvalue weighted by Gasteiger charge is 2.32. The van der Waals surface area contributed by atoms with Crippen molar-refractivity contribution in [3.8, 4) is 6.07 Å². The molecule has 2 unspecified atom stereocenters. The molecule has 0 aliphatic carbocycles. The van der Waals surface area contributed by atoms with Gasteiger partial charge in [-0.15, -0.1) is 0 Å². The van der Waals surface area contributed by atoms with Gasteiger partial charge in [-0.2, -0.15) is 18.4 Å². The molecule has 0 bridgehead atoms. The molecule has 0 aromatic heterocycles. The molecule has 2 atom stereocenters. The van der Waals surface area contributed by atoms with Crippen molar-refractivity contribution < 1.29 is 23.4 Å². The number of hydrogen-bond acceptors (Lipinski definition) is 4. The van der Waals surface area contributed by atoms with E-state index in [9.17, 15) is 23.4 Å². The molecule has 0 aliphatic rings. The fourth-order valence-corrected chi connectivity index (χ4v) is 1.51. The zero-order valence-electron chi connectivity index (χ0n) is 9.91. The fourth-order valence-electron chi connectivity index (χ4n) is 1.51. The molecule has 0 fully saturated rings. The maximum Gasteiger partial charge on any atom is 0.416 e. The standard InChI is InChI=1S/C11H9F3N4O2/c12-11(13,14)7-1-2-8(6(3-7)4-15)10(20)9(19)5-17-18-16/h1-3,9-10,19-20H,5H2. The molecule has 0 amide bonds. The summed E-state index contributed by atoms with van der Waals surface area (Å²) in [5, 5.41) is 31.1. The van der Waals surface area contributed by atoms with Crippen LogP contribution in [0.1, 0.15) is 22.8 Å². The van der Waals surface area contributed by atoms with Gasteiger partial charge in [-0.3, -0.25) is 0 Å². The molecular weight excluding hydrogens is 277 g/mol. The highest BCUT2D eigenvalue weighted by molar-refractivity contribution is 5.43. The van der Waals surface area contributed by atoms with Crippen LogP contribution in [0.2, 0.25) is 0 Å². The summed E-state index contributed by atoms with van der Waals surface area (Å²) in [4.78, 5) is 2.38. The minimum atomic E-state index is -4.61. The van der Waals surface area contributed by atoms with E-state index in [0.717, 1.165) is 6.07 Å². The average molecular weight is 286 g/mol. The normalized spacial score (nSPS) is 14.0. The Morgan fingerprint density at radius 3 is 2.55 bits per heavy atom. The second-order valence-corrected chi connectivity index (χ2v) is 3.84. The van der Waals surface area contributed by atoms with Crippen LogP contribution in [0.3, 0.4) is 0 Å². The van der Waals surface area contributed by atoms with Crippen molar-refractivity contribution in [1.82, 2.24) is 0 Å². The molecule has 0 aliphatic heterocycles. The van der Waals surface area contributed by atoms with Crippen molar-refractivity contribution in [2.75, 3.05) is 6.54 Å². The zero-order valence-corrected chi connectivity index (χ0v) is 9.91. The lowest BCUT2D eigenvalue weighted by molar-refractivity contribution is -0.137. The molecule has 106 valence electrons. The number of benzene rings is 1. The molecule has 20 heavy (non-hydrogen) atoms. The Hall–Kier alpha value is -2.27. The lowest BCUT2D eigenvalue weighted by Gasteiger charge is -2.18. The topological polar surface area (TPSA) is 113 Å². The molecule has 6 nitrogen and oxygen atoms in total. The number of aliphatic hydroxyl groups excluding tert-OH is 2. The van der Waals surface area contributed by atoms with Crippen LogP contribution in [0.5, 0.6) is 0 Å². The van der Waals surface area contributed by atoms with E-state index < -0.39 is 36.1 Å². The van der Waals surface area contributed by atoms with Crippen LogP contribution in [0.25, 0.3) is 10.4 Å². The number of halogens is 3. The average Bonchev–Trinajstić information content (AvgIpc) is 2.42. The van der Waals surface area contributed by atoms with Gasteiger partial charge in [0, 0.05) is 10.5 Å². The predicted molar refractivity (Wildman–Crippen MR) is 61.1 cm³/mol. The highest BCUT2D eigenvalue weighted by atomic mass is 19.4. The minimum absolute atomic E-state index is 0.166. The van der Waals surface area contributed by atoms with E-state index in [4.69, 9.17) is 10.8 Å². The first-order valence-electron chi connectivity index (χ1n) is 5.29. The Kier molecular flexibility index (Phi) is 4.94. The van der Waals surface area contributed by atoms with Crippen LogP contribution in [0.4, 0.5) is 13.2 Å². The molecule has 2 N–H and O–H groups in total. The fraction of sp³-hybridized carbons (Fsp3) is 0.364. The summed E-state index contributed by atoms with van der Waals surface area (Å²) in [6.07, 6.45) is -7.76. The summed E-state index contributed by atoms with van der Waals surface area (Å²) in [5.41, 5.74) is 6.47. The summed E-state index contributed by atoms with van der Waals surface area (Å²) in [6, 6.07) is 3.71. The molecule has 0 spiro atoms. The third-order valence-electron chi connectivity index (χ3n) is 2.52. The first kappa shape index (κ1) is 15.8. The van der Waals surface area contributed by atoms with Gasteiger partial charge in [0.25, 0.3) is 0 Å². The largest absolute Gasteiger partial charge is 0.416 e. The van der Waals surface area contributed by atoms with Gasteiger partial charge in [-0.05, 0) is 17.7 Å². The van der Waals surface area contributed by atoms with Gasteiger partial charge < -0.3 is 10.2 Å². The van der Waals surface area contributed by atoms with E-state index in [1.165, 1.54) is 6.07 Å². The van der Waals surface area contributed by atoms with Crippen LogP contribution in [-0.2, 0) is 6.18 Å². The van der Waals surface area contributed by atoms with Crippen molar-refractivity contribution in [2.24, 2.45) is 5.11 Å². The van der Waals surface area contributed by atoms with Crippen LogP contribution < -0.4 is 0 Å².